The van der Waals surface area contributed by atoms with E-state index in [2.05, 4.69) is 0 Å². The molecule has 0 spiro atoms. The highest BCUT2D eigenvalue weighted by Crippen LogP contribution is 2.00. The van der Waals surface area contributed by atoms with Crippen LogP contribution in [0.5, 0.6) is 0 Å². The Balaban J connectivity index is 3.34. The predicted octanol–water partition coefficient (Wildman–Crippen LogP) is 1.92. The van der Waals surface area contributed by atoms with Gasteiger partial charge in [0.25, 0.3) is 5.56 Å². The molecule has 0 aliphatic rings. The maximum atomic E-state index is 11.5. The van der Waals surface area contributed by atoms with E-state index in [1.807, 2.05) is 19.9 Å². The van der Waals surface area contributed by atoms with Gasteiger partial charge in [0.1, 0.15) is 0 Å². The summed E-state index contributed by atoms with van der Waals surface area (Å²) in [6.45, 7) is 4.57. The summed E-state index contributed by atoms with van der Waals surface area (Å²) in [6, 6.07) is 3.71. The second-order valence-electron chi connectivity index (χ2n) is 2.68. The molecule has 66 valence electrons. The summed E-state index contributed by atoms with van der Waals surface area (Å²) < 4.78 is 1.72. The molecule has 1 heterocycles. The molecule has 1 aromatic heterocycles. The normalized spacial score (nSPS) is 10.2. The number of pyridine rings is 1. The van der Waals surface area contributed by atoms with Crippen molar-refractivity contribution in [2.24, 2.45) is 0 Å². The van der Waals surface area contributed by atoms with Crippen molar-refractivity contribution in [3.63, 3.8) is 0 Å². The Labute approximate surface area is 76.8 Å². The first-order chi connectivity index (χ1) is 5.70. The minimum Gasteiger partial charge on any atom is -0.313 e. The first-order valence-electron chi connectivity index (χ1n) is 3.96. The van der Waals surface area contributed by atoms with Gasteiger partial charge in [-0.15, -0.1) is 11.6 Å². The number of hydrogen-bond donors (Lipinski definition) is 0. The lowest BCUT2D eigenvalue weighted by Gasteiger charge is -2.07. The third-order valence-electron chi connectivity index (χ3n) is 1.93. The quantitative estimate of drug-likeness (QED) is 0.646. The van der Waals surface area contributed by atoms with Gasteiger partial charge < -0.3 is 4.57 Å². The Morgan fingerprint density at radius 1 is 1.50 bits per heavy atom. The second-order valence-corrected chi connectivity index (χ2v) is 2.95. The molecular formula is C9H12ClNO. The molecule has 0 saturated heterocycles. The van der Waals surface area contributed by atoms with Crippen LogP contribution in [0.15, 0.2) is 16.9 Å². The molecule has 0 aliphatic carbocycles. The fourth-order valence-electron chi connectivity index (χ4n) is 1.21. The smallest absolute Gasteiger partial charge is 0.255 e. The Kier molecular flexibility index (Phi) is 2.93. The third kappa shape index (κ3) is 1.53. The highest BCUT2D eigenvalue weighted by molar-refractivity contribution is 6.17. The maximum absolute atomic E-state index is 11.5. The Hall–Kier alpha value is -0.760. The maximum Gasteiger partial charge on any atom is 0.255 e. The van der Waals surface area contributed by atoms with Crippen molar-refractivity contribution in [3.05, 3.63) is 33.7 Å². The van der Waals surface area contributed by atoms with Crippen LogP contribution in [-0.4, -0.2) is 4.57 Å². The minimum atomic E-state index is 0.0347. The van der Waals surface area contributed by atoms with Gasteiger partial charge in [-0.25, -0.2) is 0 Å². The molecule has 0 saturated carbocycles. The van der Waals surface area contributed by atoms with Crippen molar-refractivity contribution in [1.29, 1.82) is 0 Å². The van der Waals surface area contributed by atoms with Crippen molar-refractivity contribution in [2.45, 2.75) is 26.3 Å². The van der Waals surface area contributed by atoms with E-state index in [1.165, 1.54) is 0 Å². The average Bonchev–Trinajstić information content (AvgIpc) is 2.06. The van der Waals surface area contributed by atoms with Gasteiger partial charge in [-0.05, 0) is 19.9 Å². The van der Waals surface area contributed by atoms with Crippen LogP contribution in [0.1, 0.15) is 18.2 Å². The summed E-state index contributed by atoms with van der Waals surface area (Å²) in [7, 11) is 0. The van der Waals surface area contributed by atoms with Gasteiger partial charge in [0.2, 0.25) is 0 Å². The zero-order valence-electron chi connectivity index (χ0n) is 7.30. The monoisotopic (exact) mass is 185 g/mol. The largest absolute Gasteiger partial charge is 0.313 e. The third-order valence-corrected chi connectivity index (χ3v) is 2.22. The van der Waals surface area contributed by atoms with Gasteiger partial charge in [0.05, 0.1) is 5.88 Å². The SMILES string of the molecule is CCn1c(C)ccc(CCl)c1=O. The fourth-order valence-corrected chi connectivity index (χ4v) is 1.41. The second kappa shape index (κ2) is 3.76. The van der Waals surface area contributed by atoms with Gasteiger partial charge in [0, 0.05) is 17.8 Å². The first kappa shape index (κ1) is 9.33. The van der Waals surface area contributed by atoms with Crippen molar-refractivity contribution in [2.75, 3.05) is 0 Å². The molecule has 0 aromatic carbocycles. The van der Waals surface area contributed by atoms with Crippen LogP contribution < -0.4 is 5.56 Å². The zero-order chi connectivity index (χ0) is 9.14. The van der Waals surface area contributed by atoms with Crippen molar-refractivity contribution >= 4 is 11.6 Å². The molecule has 0 atom stereocenters. The molecule has 12 heavy (non-hydrogen) atoms. The summed E-state index contributed by atoms with van der Waals surface area (Å²) in [5.41, 5.74) is 1.69. The topological polar surface area (TPSA) is 22.0 Å². The van der Waals surface area contributed by atoms with E-state index in [0.29, 0.717) is 18.0 Å². The van der Waals surface area contributed by atoms with Crippen LogP contribution in [0.4, 0.5) is 0 Å². The molecule has 3 heteroatoms. The Morgan fingerprint density at radius 2 is 2.17 bits per heavy atom. The summed E-state index contributed by atoms with van der Waals surface area (Å²) in [6.07, 6.45) is 0. The molecule has 0 unspecified atom stereocenters. The fraction of sp³-hybridized carbons (Fsp3) is 0.444. The van der Waals surface area contributed by atoms with Crippen molar-refractivity contribution in [3.8, 4) is 0 Å². The molecule has 2 nitrogen and oxygen atoms in total. The average molecular weight is 186 g/mol. The number of rotatable bonds is 2. The molecule has 1 aromatic rings. The van der Waals surface area contributed by atoms with Gasteiger partial charge in [-0.1, -0.05) is 6.07 Å². The molecule has 0 amide bonds. The molecule has 0 bridgehead atoms. The van der Waals surface area contributed by atoms with Crippen LogP contribution in [0.2, 0.25) is 0 Å². The summed E-state index contributed by atoms with van der Waals surface area (Å²) >= 11 is 5.60. The van der Waals surface area contributed by atoms with E-state index in [9.17, 15) is 4.79 Å². The molecule has 1 rings (SSSR count). The molecule has 0 radical (unpaired) electrons. The van der Waals surface area contributed by atoms with Crippen LogP contribution in [0.3, 0.4) is 0 Å². The number of aromatic nitrogens is 1. The molecular weight excluding hydrogens is 174 g/mol. The molecule has 0 fully saturated rings. The van der Waals surface area contributed by atoms with E-state index in [1.54, 1.807) is 10.6 Å². The number of nitrogens with zero attached hydrogens (tertiary/aromatic N) is 1. The summed E-state index contributed by atoms with van der Waals surface area (Å²) in [4.78, 5) is 11.5. The summed E-state index contributed by atoms with van der Waals surface area (Å²) in [5.74, 6) is 0.291. The lowest BCUT2D eigenvalue weighted by atomic mass is 10.2. The van der Waals surface area contributed by atoms with Gasteiger partial charge in [-0.2, -0.15) is 0 Å². The van der Waals surface area contributed by atoms with Gasteiger partial charge in [-0.3, -0.25) is 4.79 Å². The molecule has 0 aliphatic heterocycles. The van der Waals surface area contributed by atoms with Crippen LogP contribution in [0, 0.1) is 6.92 Å². The number of hydrogen-bond acceptors (Lipinski definition) is 1. The van der Waals surface area contributed by atoms with Crippen molar-refractivity contribution < 1.29 is 0 Å². The minimum absolute atomic E-state index is 0.0347. The standard InChI is InChI=1S/C9H12ClNO/c1-3-11-7(2)4-5-8(6-10)9(11)12/h4-5H,3,6H2,1-2H3. The van der Waals surface area contributed by atoms with Crippen molar-refractivity contribution in [1.82, 2.24) is 4.57 Å². The number of halogens is 1. The van der Waals surface area contributed by atoms with E-state index in [0.717, 1.165) is 5.69 Å². The first-order valence-corrected chi connectivity index (χ1v) is 4.49. The predicted molar refractivity (Wildman–Crippen MR) is 50.7 cm³/mol. The van der Waals surface area contributed by atoms with Gasteiger partial charge in [0.15, 0.2) is 0 Å². The molecule has 0 N–H and O–H groups in total. The van der Waals surface area contributed by atoms with Crippen LogP contribution in [-0.2, 0) is 12.4 Å². The lowest BCUT2D eigenvalue weighted by molar-refractivity contribution is 0.694. The number of aryl methyl sites for hydroxylation is 1. The van der Waals surface area contributed by atoms with Crippen LogP contribution in [0.25, 0.3) is 0 Å². The van der Waals surface area contributed by atoms with Gasteiger partial charge >= 0.3 is 0 Å². The Morgan fingerprint density at radius 3 is 2.67 bits per heavy atom. The summed E-state index contributed by atoms with van der Waals surface area (Å²) in [5, 5.41) is 0. The van der Waals surface area contributed by atoms with E-state index in [4.69, 9.17) is 11.6 Å². The highest BCUT2D eigenvalue weighted by Gasteiger charge is 2.02. The highest BCUT2D eigenvalue weighted by atomic mass is 35.5. The lowest BCUT2D eigenvalue weighted by Crippen LogP contribution is -2.23. The van der Waals surface area contributed by atoms with E-state index < -0.39 is 0 Å². The van der Waals surface area contributed by atoms with E-state index >= 15 is 0 Å². The van der Waals surface area contributed by atoms with E-state index in [-0.39, 0.29) is 5.56 Å². The van der Waals surface area contributed by atoms with Crippen LogP contribution >= 0.6 is 11.6 Å². The number of alkyl halides is 1. The Bertz CT molecular complexity index is 330. The zero-order valence-corrected chi connectivity index (χ0v) is 8.06.